The van der Waals surface area contributed by atoms with E-state index < -0.39 is 35.7 Å². The van der Waals surface area contributed by atoms with Crippen LogP contribution in [0.4, 0.5) is 24.8 Å². The molecule has 0 amide bonds. The summed E-state index contributed by atoms with van der Waals surface area (Å²) in [6, 6.07) is 21.0. The van der Waals surface area contributed by atoms with Crippen LogP contribution in [-0.2, 0) is 22.2 Å². The molecule has 2 unspecified atom stereocenters. The highest BCUT2D eigenvalue weighted by Gasteiger charge is 2.29. The molecule has 1 aliphatic heterocycles. The molecule has 2 atom stereocenters. The SMILES string of the molecule is CCCC(CN1CCCCCCc2ccccc2-c2nc(ccc2-c2cccc(OCC(F)(F)F)n2)NS(=O)c2cccc1n2)C(=O)O. The van der Waals surface area contributed by atoms with Crippen LogP contribution < -0.4 is 14.4 Å². The fourth-order valence-electron chi connectivity index (χ4n) is 5.71. The van der Waals surface area contributed by atoms with Crippen molar-refractivity contribution in [2.24, 2.45) is 5.92 Å². The molecule has 0 saturated heterocycles. The van der Waals surface area contributed by atoms with E-state index in [1.165, 1.54) is 6.07 Å². The molecule has 0 radical (unpaired) electrons. The van der Waals surface area contributed by atoms with Gasteiger partial charge >= 0.3 is 12.1 Å². The molecule has 4 bridgehead atoms. The molecule has 4 heterocycles. The fraction of sp³-hybridized carbons (Fsp3) is 0.371. The van der Waals surface area contributed by atoms with Gasteiger partial charge in [0.15, 0.2) is 22.6 Å². The summed E-state index contributed by atoms with van der Waals surface area (Å²) in [6.07, 6.45) is 1.13. The summed E-state index contributed by atoms with van der Waals surface area (Å²) in [7, 11) is -1.83. The first-order chi connectivity index (χ1) is 23.1. The number of rotatable bonds is 8. The first-order valence-corrected chi connectivity index (χ1v) is 17.2. The van der Waals surface area contributed by atoms with E-state index in [1.54, 1.807) is 42.5 Å². The highest BCUT2D eigenvalue weighted by molar-refractivity contribution is 7.86. The number of benzene rings is 1. The molecular formula is C35H38F3N5O4S. The first kappa shape index (κ1) is 34.8. The Kier molecular flexibility index (Phi) is 11.6. The number of alkyl halides is 3. The number of nitrogens with zero attached hydrogens (tertiary/aromatic N) is 4. The predicted octanol–water partition coefficient (Wildman–Crippen LogP) is 7.71. The molecule has 0 spiro atoms. The standard InChI is InChI=1S/C35H38F3N5O4S/c1-2-11-25(34(44)45)22-43-21-8-4-3-5-12-24-13-6-7-14-26(24)33-27(28-15-9-17-31(39-28)47-23-35(36,37)38)19-20-29(40-33)42-48(46)32-18-10-16-30(43)41-32/h6-7,9-10,13-20,25H,2-5,8,11-12,21-23H2,1H3,(H,40,42)(H,44,45). The van der Waals surface area contributed by atoms with Gasteiger partial charge in [0.25, 0.3) is 0 Å². The van der Waals surface area contributed by atoms with Gasteiger partial charge in [-0.2, -0.15) is 13.2 Å². The number of halogens is 3. The van der Waals surface area contributed by atoms with Crippen molar-refractivity contribution in [3.05, 3.63) is 78.4 Å². The zero-order valence-electron chi connectivity index (χ0n) is 26.6. The van der Waals surface area contributed by atoms with Gasteiger partial charge in [-0.25, -0.2) is 19.2 Å². The Morgan fingerprint density at radius 1 is 0.958 bits per heavy atom. The van der Waals surface area contributed by atoms with E-state index in [2.05, 4.69) is 14.7 Å². The van der Waals surface area contributed by atoms with Gasteiger partial charge in [0.2, 0.25) is 5.88 Å². The molecule has 5 rings (SSSR count). The number of aryl methyl sites for hydroxylation is 1. The Morgan fingerprint density at radius 2 is 1.75 bits per heavy atom. The molecule has 0 saturated carbocycles. The molecule has 3 aromatic heterocycles. The molecule has 9 nitrogen and oxygen atoms in total. The second-order valence-electron chi connectivity index (χ2n) is 11.7. The molecule has 48 heavy (non-hydrogen) atoms. The van der Waals surface area contributed by atoms with E-state index in [4.69, 9.17) is 9.72 Å². The lowest BCUT2D eigenvalue weighted by Crippen LogP contribution is -2.34. The summed E-state index contributed by atoms with van der Waals surface area (Å²) in [5, 5.41) is 10.1. The van der Waals surface area contributed by atoms with Gasteiger partial charge in [-0.15, -0.1) is 0 Å². The quantitative estimate of drug-likeness (QED) is 0.194. The zero-order valence-corrected chi connectivity index (χ0v) is 27.4. The minimum atomic E-state index is -4.51. The largest absolute Gasteiger partial charge is 0.481 e. The monoisotopic (exact) mass is 681 g/mol. The zero-order chi connectivity index (χ0) is 34.1. The number of carboxylic acid groups (broad SMARTS) is 1. The number of ether oxygens (including phenoxy) is 1. The van der Waals surface area contributed by atoms with Crippen LogP contribution in [0.3, 0.4) is 0 Å². The van der Waals surface area contributed by atoms with Crippen molar-refractivity contribution in [2.45, 2.75) is 63.1 Å². The van der Waals surface area contributed by atoms with Gasteiger partial charge in [0.1, 0.15) is 11.6 Å². The molecule has 2 N–H and O–H groups in total. The third-order valence-corrected chi connectivity index (χ3v) is 9.02. The number of fused-ring (bicyclic) bond motifs is 6. The van der Waals surface area contributed by atoms with Crippen molar-refractivity contribution >= 4 is 28.6 Å². The number of carbonyl (C=O) groups is 1. The Balaban J connectivity index is 1.53. The number of nitrogens with one attached hydrogen (secondary N) is 1. The maximum atomic E-state index is 13.6. The van der Waals surface area contributed by atoms with Crippen LogP contribution >= 0.6 is 0 Å². The lowest BCUT2D eigenvalue weighted by atomic mass is 9.95. The van der Waals surface area contributed by atoms with Crippen LogP contribution in [0.2, 0.25) is 0 Å². The molecule has 1 aromatic carbocycles. The first-order valence-electron chi connectivity index (χ1n) is 16.0. The summed E-state index contributed by atoms with van der Waals surface area (Å²) in [4.78, 5) is 27.9. The molecule has 0 fully saturated rings. The van der Waals surface area contributed by atoms with Gasteiger partial charge in [0.05, 0.1) is 17.3 Å². The van der Waals surface area contributed by atoms with Crippen LogP contribution in [0.25, 0.3) is 22.5 Å². The lowest BCUT2D eigenvalue weighted by Gasteiger charge is -2.27. The number of aliphatic carboxylic acids is 1. The average Bonchev–Trinajstić information content (AvgIpc) is 3.07. The van der Waals surface area contributed by atoms with Gasteiger partial charge in [-0.1, -0.05) is 62.6 Å². The molecule has 1 aliphatic rings. The van der Waals surface area contributed by atoms with Gasteiger partial charge < -0.3 is 14.7 Å². The molecule has 13 heteroatoms. The lowest BCUT2D eigenvalue weighted by molar-refractivity contribution is -0.154. The second-order valence-corrected chi connectivity index (χ2v) is 12.8. The van der Waals surface area contributed by atoms with Crippen LogP contribution in [0.15, 0.2) is 77.8 Å². The number of aromatic nitrogens is 3. The van der Waals surface area contributed by atoms with Crippen molar-refractivity contribution in [1.29, 1.82) is 0 Å². The highest BCUT2D eigenvalue weighted by Crippen LogP contribution is 2.35. The predicted molar refractivity (Wildman–Crippen MR) is 179 cm³/mol. The maximum Gasteiger partial charge on any atom is 0.422 e. The Labute approximate surface area is 280 Å². The maximum absolute atomic E-state index is 13.6. The van der Waals surface area contributed by atoms with E-state index in [-0.39, 0.29) is 10.9 Å². The van der Waals surface area contributed by atoms with E-state index in [0.29, 0.717) is 48.1 Å². The molecule has 254 valence electrons. The van der Waals surface area contributed by atoms with Gasteiger partial charge in [-0.3, -0.25) is 9.52 Å². The highest BCUT2D eigenvalue weighted by atomic mass is 32.2. The topological polar surface area (TPSA) is 118 Å². The van der Waals surface area contributed by atoms with E-state index >= 15 is 0 Å². The van der Waals surface area contributed by atoms with Gasteiger partial charge in [0, 0.05) is 30.3 Å². The summed E-state index contributed by atoms with van der Waals surface area (Å²) >= 11 is 0. The number of hydrogen-bond acceptors (Lipinski definition) is 7. The summed E-state index contributed by atoms with van der Waals surface area (Å²) in [6.45, 7) is 1.42. The number of carboxylic acids is 1. The van der Waals surface area contributed by atoms with Crippen LogP contribution in [-0.4, -0.2) is 56.1 Å². The van der Waals surface area contributed by atoms with Crippen LogP contribution in [0.5, 0.6) is 5.88 Å². The molecule has 0 aliphatic carbocycles. The second kappa shape index (κ2) is 16.1. The van der Waals surface area contributed by atoms with Crippen molar-refractivity contribution in [3.63, 3.8) is 0 Å². The van der Waals surface area contributed by atoms with Crippen LogP contribution in [0.1, 0.15) is 51.0 Å². The van der Waals surface area contributed by atoms with E-state index in [1.807, 2.05) is 36.1 Å². The minimum Gasteiger partial charge on any atom is -0.481 e. The van der Waals surface area contributed by atoms with Crippen molar-refractivity contribution in [1.82, 2.24) is 15.0 Å². The summed E-state index contributed by atoms with van der Waals surface area (Å²) in [5.74, 6) is -0.705. The smallest absolute Gasteiger partial charge is 0.422 e. The third kappa shape index (κ3) is 9.30. The normalized spacial score (nSPS) is 16.2. The van der Waals surface area contributed by atoms with Crippen molar-refractivity contribution < 1.29 is 32.0 Å². The van der Waals surface area contributed by atoms with Crippen LogP contribution in [0, 0.1) is 5.92 Å². The summed E-state index contributed by atoms with van der Waals surface area (Å²) < 4.78 is 60.0. The Bertz CT molecular complexity index is 1740. The average molecular weight is 682 g/mol. The summed E-state index contributed by atoms with van der Waals surface area (Å²) in [5.41, 5.74) is 3.35. The van der Waals surface area contributed by atoms with E-state index in [9.17, 15) is 27.3 Å². The number of anilines is 2. The number of hydrogen-bond donors (Lipinski definition) is 2. The third-order valence-electron chi connectivity index (χ3n) is 8.02. The van der Waals surface area contributed by atoms with E-state index in [0.717, 1.165) is 49.7 Å². The number of pyridine rings is 3. The fourth-order valence-corrected chi connectivity index (χ4v) is 6.49. The Morgan fingerprint density at radius 3 is 2.54 bits per heavy atom. The van der Waals surface area contributed by atoms with Crippen molar-refractivity contribution in [2.75, 3.05) is 29.3 Å². The molecular weight excluding hydrogens is 643 g/mol. The molecule has 4 aromatic rings. The van der Waals surface area contributed by atoms with Crippen molar-refractivity contribution in [3.8, 4) is 28.4 Å². The minimum absolute atomic E-state index is 0.165. The van der Waals surface area contributed by atoms with Gasteiger partial charge in [-0.05, 0) is 61.6 Å². The Hall–Kier alpha value is -4.52.